The second kappa shape index (κ2) is 5.41. The SMILES string of the molecule is C=C1/C=C\CCC/C=C\C(OC)=C/1. The summed E-state index contributed by atoms with van der Waals surface area (Å²) in [6.07, 6.45) is 13.7. The van der Waals surface area contributed by atoms with Crippen molar-refractivity contribution in [3.05, 3.63) is 48.3 Å². The molecule has 0 fully saturated rings. The topological polar surface area (TPSA) is 9.23 Å². The van der Waals surface area contributed by atoms with Gasteiger partial charge in [0, 0.05) is 0 Å². The van der Waals surface area contributed by atoms with Gasteiger partial charge in [-0.2, -0.15) is 0 Å². The summed E-state index contributed by atoms with van der Waals surface area (Å²) in [7, 11) is 1.68. The van der Waals surface area contributed by atoms with Crippen LogP contribution in [0.5, 0.6) is 0 Å². The Morgan fingerprint density at radius 1 is 1.23 bits per heavy atom. The molecule has 0 radical (unpaired) electrons. The van der Waals surface area contributed by atoms with Crippen LogP contribution < -0.4 is 0 Å². The van der Waals surface area contributed by atoms with Gasteiger partial charge in [-0.25, -0.2) is 0 Å². The second-order valence-electron chi connectivity index (χ2n) is 3.06. The van der Waals surface area contributed by atoms with Gasteiger partial charge in [-0.15, -0.1) is 0 Å². The van der Waals surface area contributed by atoms with Gasteiger partial charge in [0.25, 0.3) is 0 Å². The first kappa shape index (κ1) is 9.85. The van der Waals surface area contributed by atoms with Crippen LogP contribution >= 0.6 is 0 Å². The molecule has 70 valence electrons. The fourth-order valence-electron chi connectivity index (χ4n) is 1.19. The van der Waals surface area contributed by atoms with Crippen LogP contribution in [-0.2, 0) is 4.74 Å². The number of allylic oxidation sites excluding steroid dienone is 6. The number of ether oxygens (including phenoxy) is 1. The van der Waals surface area contributed by atoms with Crippen LogP contribution in [0.3, 0.4) is 0 Å². The maximum Gasteiger partial charge on any atom is 0.119 e. The molecule has 0 aliphatic heterocycles. The lowest BCUT2D eigenvalue weighted by molar-refractivity contribution is 0.306. The largest absolute Gasteiger partial charge is 0.497 e. The van der Waals surface area contributed by atoms with Crippen LogP contribution in [0.15, 0.2) is 48.3 Å². The van der Waals surface area contributed by atoms with Crippen LogP contribution in [0.2, 0.25) is 0 Å². The molecule has 0 N–H and O–H groups in total. The summed E-state index contributed by atoms with van der Waals surface area (Å²) >= 11 is 0. The van der Waals surface area contributed by atoms with Crippen LogP contribution in [-0.4, -0.2) is 7.11 Å². The highest BCUT2D eigenvalue weighted by atomic mass is 16.5. The first-order valence-corrected chi connectivity index (χ1v) is 4.60. The molecule has 1 aliphatic carbocycles. The van der Waals surface area contributed by atoms with E-state index < -0.39 is 0 Å². The summed E-state index contributed by atoms with van der Waals surface area (Å²) in [6.45, 7) is 3.91. The standard InChI is InChI=1S/C12H16O/c1-11-8-6-4-3-5-7-9-12(10-11)13-2/h6-10H,1,3-5H2,2H3/b8-6-,9-7-,12-10+. The minimum atomic E-state index is 0.872. The van der Waals surface area contributed by atoms with Crippen molar-refractivity contribution in [3.8, 4) is 0 Å². The molecule has 0 saturated heterocycles. The van der Waals surface area contributed by atoms with E-state index in [2.05, 4.69) is 18.7 Å². The third kappa shape index (κ3) is 3.79. The summed E-state index contributed by atoms with van der Waals surface area (Å²) in [4.78, 5) is 0. The number of hydrogen-bond acceptors (Lipinski definition) is 1. The fraction of sp³-hybridized carbons (Fsp3) is 0.333. The molecule has 0 bridgehead atoms. The van der Waals surface area contributed by atoms with E-state index in [4.69, 9.17) is 4.74 Å². The Morgan fingerprint density at radius 3 is 2.62 bits per heavy atom. The second-order valence-corrected chi connectivity index (χ2v) is 3.06. The quantitative estimate of drug-likeness (QED) is 0.595. The van der Waals surface area contributed by atoms with Crippen molar-refractivity contribution in [1.29, 1.82) is 0 Å². The number of rotatable bonds is 1. The zero-order valence-electron chi connectivity index (χ0n) is 8.12. The predicted octanol–water partition coefficient (Wildman–Crippen LogP) is 3.37. The minimum absolute atomic E-state index is 0.872. The molecular weight excluding hydrogens is 160 g/mol. The van der Waals surface area contributed by atoms with E-state index in [9.17, 15) is 0 Å². The highest BCUT2D eigenvalue weighted by Crippen LogP contribution is 2.09. The van der Waals surface area contributed by atoms with E-state index >= 15 is 0 Å². The fourth-order valence-corrected chi connectivity index (χ4v) is 1.19. The zero-order chi connectivity index (χ0) is 9.52. The lowest BCUT2D eigenvalue weighted by Gasteiger charge is -2.02. The number of methoxy groups -OCH3 is 1. The monoisotopic (exact) mass is 176 g/mol. The molecule has 0 amide bonds. The van der Waals surface area contributed by atoms with Crippen molar-refractivity contribution in [2.45, 2.75) is 19.3 Å². The Labute approximate surface area is 80.1 Å². The summed E-state index contributed by atoms with van der Waals surface area (Å²) < 4.78 is 5.17. The van der Waals surface area contributed by atoms with Gasteiger partial charge < -0.3 is 4.74 Å². The van der Waals surface area contributed by atoms with Crippen molar-refractivity contribution in [3.63, 3.8) is 0 Å². The van der Waals surface area contributed by atoms with Gasteiger partial charge in [0.05, 0.1) is 7.11 Å². The highest BCUT2D eigenvalue weighted by Gasteiger charge is 1.92. The molecule has 1 aliphatic rings. The van der Waals surface area contributed by atoms with E-state index in [1.165, 1.54) is 6.42 Å². The van der Waals surface area contributed by atoms with Gasteiger partial charge in [0.15, 0.2) is 0 Å². The van der Waals surface area contributed by atoms with Gasteiger partial charge in [-0.3, -0.25) is 0 Å². The normalized spacial score (nSPS) is 27.2. The minimum Gasteiger partial charge on any atom is -0.497 e. The van der Waals surface area contributed by atoms with E-state index in [1.807, 2.05) is 18.2 Å². The Kier molecular flexibility index (Phi) is 4.10. The number of hydrogen-bond donors (Lipinski definition) is 0. The lowest BCUT2D eigenvalue weighted by Crippen LogP contribution is -1.84. The first-order chi connectivity index (χ1) is 6.33. The average Bonchev–Trinajstić information content (AvgIpc) is 2.15. The van der Waals surface area contributed by atoms with E-state index in [1.54, 1.807) is 7.11 Å². The maximum atomic E-state index is 5.17. The smallest absolute Gasteiger partial charge is 0.119 e. The van der Waals surface area contributed by atoms with Gasteiger partial charge in [0.2, 0.25) is 0 Å². The van der Waals surface area contributed by atoms with Crippen LogP contribution in [0, 0.1) is 0 Å². The van der Waals surface area contributed by atoms with Gasteiger partial charge >= 0.3 is 0 Å². The average molecular weight is 176 g/mol. The van der Waals surface area contributed by atoms with Crippen LogP contribution in [0.4, 0.5) is 0 Å². The molecule has 0 aromatic heterocycles. The Morgan fingerprint density at radius 2 is 1.92 bits per heavy atom. The summed E-state index contributed by atoms with van der Waals surface area (Å²) in [5.74, 6) is 0.872. The molecule has 1 nitrogen and oxygen atoms in total. The Hall–Kier alpha value is -1.24. The van der Waals surface area contributed by atoms with Crippen LogP contribution in [0.1, 0.15) is 19.3 Å². The molecule has 0 atom stereocenters. The van der Waals surface area contributed by atoms with Crippen molar-refractivity contribution < 1.29 is 4.74 Å². The molecule has 0 spiro atoms. The predicted molar refractivity (Wildman–Crippen MR) is 56.4 cm³/mol. The molecule has 0 aromatic rings. The van der Waals surface area contributed by atoms with E-state index in [-0.39, 0.29) is 0 Å². The van der Waals surface area contributed by atoms with Crippen molar-refractivity contribution in [1.82, 2.24) is 0 Å². The van der Waals surface area contributed by atoms with Gasteiger partial charge in [0.1, 0.15) is 5.76 Å². The van der Waals surface area contributed by atoms with Crippen LogP contribution in [0.25, 0.3) is 0 Å². The third-order valence-corrected chi connectivity index (χ3v) is 1.92. The van der Waals surface area contributed by atoms with E-state index in [0.717, 1.165) is 24.2 Å². The molecule has 0 heterocycles. The summed E-state index contributed by atoms with van der Waals surface area (Å²) in [6, 6.07) is 0. The Balaban J connectivity index is 2.77. The summed E-state index contributed by atoms with van der Waals surface area (Å²) in [5.41, 5.74) is 0.989. The lowest BCUT2D eigenvalue weighted by atomic mass is 10.1. The highest BCUT2D eigenvalue weighted by molar-refractivity contribution is 5.32. The van der Waals surface area contributed by atoms with Crippen molar-refractivity contribution >= 4 is 0 Å². The van der Waals surface area contributed by atoms with Crippen molar-refractivity contribution in [2.24, 2.45) is 0 Å². The molecule has 0 aromatic carbocycles. The molecule has 1 heteroatoms. The third-order valence-electron chi connectivity index (χ3n) is 1.92. The van der Waals surface area contributed by atoms with Crippen molar-refractivity contribution in [2.75, 3.05) is 7.11 Å². The molecule has 0 unspecified atom stereocenters. The Bertz CT molecular complexity index is 256. The van der Waals surface area contributed by atoms with E-state index in [0.29, 0.717) is 0 Å². The molecule has 1 rings (SSSR count). The first-order valence-electron chi connectivity index (χ1n) is 4.60. The molecular formula is C12H16O. The molecule has 0 saturated carbocycles. The van der Waals surface area contributed by atoms with Gasteiger partial charge in [-0.1, -0.05) is 24.8 Å². The molecule has 13 heavy (non-hydrogen) atoms. The maximum absolute atomic E-state index is 5.17. The summed E-state index contributed by atoms with van der Waals surface area (Å²) in [5, 5.41) is 0. The zero-order valence-corrected chi connectivity index (χ0v) is 8.12. The van der Waals surface area contributed by atoms with Gasteiger partial charge in [-0.05, 0) is 37.0 Å².